The maximum atomic E-state index is 13.0. The Morgan fingerprint density at radius 1 is 0.914 bits per heavy atom. The van der Waals surface area contributed by atoms with Crippen molar-refractivity contribution in [2.24, 2.45) is 0 Å². The van der Waals surface area contributed by atoms with E-state index in [4.69, 9.17) is 0 Å². The van der Waals surface area contributed by atoms with Crippen LogP contribution in [0.3, 0.4) is 0 Å². The van der Waals surface area contributed by atoms with Gasteiger partial charge in [0.25, 0.3) is 0 Å². The monoisotopic (exact) mass is 484 g/mol. The number of fused-ring (bicyclic) bond motifs is 2. The summed E-state index contributed by atoms with van der Waals surface area (Å²) in [7, 11) is 0. The molecule has 0 bridgehead atoms. The zero-order valence-electron chi connectivity index (χ0n) is 18.1. The predicted octanol–water partition coefficient (Wildman–Crippen LogP) is 4.62. The van der Waals surface area contributed by atoms with Crippen LogP contribution in [0.2, 0.25) is 0 Å². The molecule has 0 aliphatic heterocycles. The van der Waals surface area contributed by atoms with Crippen LogP contribution in [0.25, 0.3) is 12.2 Å². The van der Waals surface area contributed by atoms with Gasteiger partial charge in [-0.25, -0.2) is 9.37 Å². The summed E-state index contributed by atoms with van der Waals surface area (Å²) in [6.45, 7) is 0. The molecule has 0 fully saturated rings. The Labute approximate surface area is 203 Å². The summed E-state index contributed by atoms with van der Waals surface area (Å²) < 4.78 is 13.0. The fraction of sp³-hybridized carbons (Fsp3) is 0.0385. The maximum Gasteiger partial charge on any atom is 0.234 e. The molecule has 1 aliphatic carbocycles. The van der Waals surface area contributed by atoms with E-state index in [1.165, 1.54) is 18.2 Å². The number of hydrogen-bond acceptors (Lipinski definition) is 6. The van der Waals surface area contributed by atoms with Crippen LogP contribution >= 0.6 is 11.8 Å². The fourth-order valence-corrected chi connectivity index (χ4v) is 4.26. The second-order valence-electron chi connectivity index (χ2n) is 7.69. The van der Waals surface area contributed by atoms with Gasteiger partial charge in [0.2, 0.25) is 11.1 Å². The highest BCUT2D eigenvalue weighted by atomic mass is 32.2. The number of ketones is 2. The third kappa shape index (κ3) is 4.80. The van der Waals surface area contributed by atoms with Crippen molar-refractivity contribution < 1.29 is 18.8 Å². The molecule has 1 amide bonds. The molecule has 1 aromatic heterocycles. The lowest BCUT2D eigenvalue weighted by Gasteiger charge is -2.18. The number of halogens is 1. The molecule has 5 rings (SSSR count). The highest BCUT2D eigenvalue weighted by molar-refractivity contribution is 7.99. The second-order valence-corrected chi connectivity index (χ2v) is 8.63. The van der Waals surface area contributed by atoms with Gasteiger partial charge >= 0.3 is 0 Å². The molecule has 172 valence electrons. The number of aromatic amines is 1. The number of hydrogen-bond donors (Lipinski definition) is 2. The standard InChI is InChI=1S/C26H17FN4O3S/c27-16-8-5-15(6-9-16)7-12-22-29-26(31-30-22)35-14-23(32)28-17-10-11-20-21(13-17)25(34)19-4-2-1-3-18(19)24(20)33/h1-13H,14H2,(H,28,32)(H,29,30,31)/b12-7+. The number of carbonyl (C=O) groups excluding carboxylic acids is 3. The SMILES string of the molecule is O=C(CSc1n[nH]c(/C=C/c2ccc(F)cc2)n1)Nc1ccc2c(c1)C(=O)c1ccccc1C2=O. The van der Waals surface area contributed by atoms with Crippen LogP contribution < -0.4 is 5.32 Å². The van der Waals surface area contributed by atoms with Crippen LogP contribution in [0.15, 0.2) is 71.9 Å². The summed E-state index contributed by atoms with van der Waals surface area (Å²) >= 11 is 1.14. The quantitative estimate of drug-likeness (QED) is 0.341. The molecule has 0 spiro atoms. The number of rotatable bonds is 6. The second kappa shape index (κ2) is 9.47. The molecular formula is C26H17FN4O3S. The zero-order chi connectivity index (χ0) is 24.4. The zero-order valence-corrected chi connectivity index (χ0v) is 18.9. The third-order valence-electron chi connectivity index (χ3n) is 5.33. The van der Waals surface area contributed by atoms with Crippen LogP contribution in [0.1, 0.15) is 43.2 Å². The first-order chi connectivity index (χ1) is 17.0. The average Bonchev–Trinajstić information content (AvgIpc) is 3.33. The van der Waals surface area contributed by atoms with Gasteiger partial charge < -0.3 is 5.32 Å². The Hall–Kier alpha value is -4.37. The summed E-state index contributed by atoms with van der Waals surface area (Å²) in [4.78, 5) is 42.3. The van der Waals surface area contributed by atoms with Gasteiger partial charge in [0, 0.05) is 27.9 Å². The summed E-state index contributed by atoms with van der Waals surface area (Å²) in [5.74, 6) is -0.528. The van der Waals surface area contributed by atoms with E-state index in [1.807, 2.05) is 0 Å². The summed E-state index contributed by atoms with van der Waals surface area (Å²) in [5, 5.41) is 9.98. The molecule has 0 saturated heterocycles. The van der Waals surface area contributed by atoms with E-state index in [-0.39, 0.29) is 34.6 Å². The first-order valence-electron chi connectivity index (χ1n) is 10.6. The van der Waals surface area contributed by atoms with Crippen molar-refractivity contribution in [3.63, 3.8) is 0 Å². The van der Waals surface area contributed by atoms with E-state index in [1.54, 1.807) is 60.7 Å². The maximum absolute atomic E-state index is 13.0. The number of anilines is 1. The Morgan fingerprint density at radius 3 is 2.34 bits per heavy atom. The lowest BCUT2D eigenvalue weighted by molar-refractivity contribution is -0.113. The fourth-order valence-electron chi connectivity index (χ4n) is 3.65. The lowest BCUT2D eigenvalue weighted by Crippen LogP contribution is -2.21. The van der Waals surface area contributed by atoms with Crippen molar-refractivity contribution in [2.75, 3.05) is 11.1 Å². The number of nitrogens with zero attached hydrogens (tertiary/aromatic N) is 2. The largest absolute Gasteiger partial charge is 0.325 e. The van der Waals surface area contributed by atoms with Gasteiger partial charge in [0.1, 0.15) is 11.6 Å². The third-order valence-corrected chi connectivity index (χ3v) is 6.17. The molecule has 0 radical (unpaired) electrons. The van der Waals surface area contributed by atoms with E-state index in [0.717, 1.165) is 17.3 Å². The normalized spacial score (nSPS) is 12.5. The van der Waals surface area contributed by atoms with E-state index in [0.29, 0.717) is 33.4 Å². The molecule has 1 heterocycles. The van der Waals surface area contributed by atoms with Crippen LogP contribution in [0.5, 0.6) is 0 Å². The van der Waals surface area contributed by atoms with Gasteiger partial charge in [-0.05, 0) is 42.0 Å². The van der Waals surface area contributed by atoms with Crippen molar-refractivity contribution >= 4 is 47.1 Å². The molecule has 0 unspecified atom stereocenters. The molecule has 9 heteroatoms. The van der Waals surface area contributed by atoms with Gasteiger partial charge in [-0.1, -0.05) is 54.2 Å². The summed E-state index contributed by atoms with van der Waals surface area (Å²) in [6.07, 6.45) is 3.47. The number of H-pyrrole nitrogens is 1. The van der Waals surface area contributed by atoms with Crippen LogP contribution in [-0.2, 0) is 4.79 Å². The minimum Gasteiger partial charge on any atom is -0.325 e. The molecule has 2 N–H and O–H groups in total. The number of nitrogens with one attached hydrogen (secondary N) is 2. The number of benzene rings is 3. The number of carbonyl (C=O) groups is 3. The Kier molecular flexibility index (Phi) is 6.07. The Morgan fingerprint density at radius 2 is 1.60 bits per heavy atom. The minimum absolute atomic E-state index is 0.0474. The average molecular weight is 485 g/mol. The molecule has 3 aromatic carbocycles. The van der Waals surface area contributed by atoms with Gasteiger partial charge in [0.05, 0.1) is 5.75 Å². The van der Waals surface area contributed by atoms with Crippen LogP contribution in [-0.4, -0.2) is 38.4 Å². The van der Waals surface area contributed by atoms with E-state index in [2.05, 4.69) is 20.5 Å². The van der Waals surface area contributed by atoms with Crippen LogP contribution in [0.4, 0.5) is 10.1 Å². The molecule has 1 aliphatic rings. The first-order valence-corrected chi connectivity index (χ1v) is 11.6. The number of aromatic nitrogens is 3. The molecule has 0 saturated carbocycles. The Bertz CT molecular complexity index is 1490. The summed E-state index contributed by atoms with van der Waals surface area (Å²) in [5.41, 5.74) is 2.57. The minimum atomic E-state index is -0.307. The van der Waals surface area contributed by atoms with Gasteiger partial charge in [0.15, 0.2) is 11.6 Å². The topological polar surface area (TPSA) is 105 Å². The van der Waals surface area contributed by atoms with Crippen molar-refractivity contribution in [3.05, 3.63) is 106 Å². The smallest absolute Gasteiger partial charge is 0.234 e. The Balaban J connectivity index is 1.20. The van der Waals surface area contributed by atoms with Crippen molar-refractivity contribution in [1.82, 2.24) is 15.2 Å². The molecule has 4 aromatic rings. The number of amides is 1. The highest BCUT2D eigenvalue weighted by Gasteiger charge is 2.29. The van der Waals surface area contributed by atoms with Crippen LogP contribution in [0, 0.1) is 5.82 Å². The van der Waals surface area contributed by atoms with Gasteiger partial charge in [-0.3, -0.25) is 19.5 Å². The van der Waals surface area contributed by atoms with E-state index in [9.17, 15) is 18.8 Å². The lowest BCUT2D eigenvalue weighted by atomic mass is 9.84. The summed E-state index contributed by atoms with van der Waals surface area (Å²) in [6, 6.07) is 17.4. The van der Waals surface area contributed by atoms with Crippen molar-refractivity contribution in [1.29, 1.82) is 0 Å². The molecule has 35 heavy (non-hydrogen) atoms. The van der Waals surface area contributed by atoms with Crippen molar-refractivity contribution in [2.45, 2.75) is 5.16 Å². The molecule has 7 nitrogen and oxygen atoms in total. The predicted molar refractivity (Wildman–Crippen MR) is 131 cm³/mol. The molecule has 0 atom stereocenters. The molecular weight excluding hydrogens is 467 g/mol. The van der Waals surface area contributed by atoms with Gasteiger partial charge in [-0.2, -0.15) is 0 Å². The van der Waals surface area contributed by atoms with Gasteiger partial charge in [-0.15, -0.1) is 5.10 Å². The van der Waals surface area contributed by atoms with Crippen molar-refractivity contribution in [3.8, 4) is 0 Å². The number of thioether (sulfide) groups is 1. The van der Waals surface area contributed by atoms with E-state index >= 15 is 0 Å². The first kappa shape index (κ1) is 22.4. The highest BCUT2D eigenvalue weighted by Crippen LogP contribution is 2.29. The van der Waals surface area contributed by atoms with E-state index < -0.39 is 0 Å².